The summed E-state index contributed by atoms with van der Waals surface area (Å²) in [6, 6.07) is 13.7. The Morgan fingerprint density at radius 1 is 1.11 bits per heavy atom. The summed E-state index contributed by atoms with van der Waals surface area (Å²) in [6.07, 6.45) is 4.60. The van der Waals surface area contributed by atoms with Gasteiger partial charge in [-0.15, -0.1) is 0 Å². The maximum absolute atomic E-state index is 13.4. The van der Waals surface area contributed by atoms with Crippen LogP contribution in [0.4, 0.5) is 11.4 Å². The molecule has 4 rings (SSSR count). The van der Waals surface area contributed by atoms with Gasteiger partial charge in [-0.3, -0.25) is 14.9 Å². The number of piperidine rings is 1. The summed E-state index contributed by atoms with van der Waals surface area (Å²) in [6.45, 7) is 7.36. The van der Waals surface area contributed by atoms with Crippen LogP contribution in [0, 0.1) is 16.0 Å². The predicted molar refractivity (Wildman–Crippen MR) is 135 cm³/mol. The van der Waals surface area contributed by atoms with E-state index in [9.17, 15) is 14.9 Å². The van der Waals surface area contributed by atoms with Crippen LogP contribution in [0.15, 0.2) is 48.5 Å². The van der Waals surface area contributed by atoms with Crippen molar-refractivity contribution < 1.29 is 19.2 Å². The van der Waals surface area contributed by atoms with E-state index in [1.54, 1.807) is 12.1 Å². The van der Waals surface area contributed by atoms with Crippen LogP contribution in [0.1, 0.15) is 44.6 Å². The first-order chi connectivity index (χ1) is 17.0. The fraction of sp³-hybridized carbons (Fsp3) is 0.519. The van der Waals surface area contributed by atoms with Gasteiger partial charge in [0.1, 0.15) is 5.75 Å². The highest BCUT2D eigenvalue weighted by molar-refractivity contribution is 5.99. The minimum absolute atomic E-state index is 0.0116. The van der Waals surface area contributed by atoms with Crippen LogP contribution in [0.5, 0.6) is 5.75 Å². The maximum Gasteiger partial charge on any atom is 0.269 e. The van der Waals surface area contributed by atoms with Crippen molar-refractivity contribution in [2.45, 2.75) is 44.4 Å². The number of anilines is 1. The number of carbonyl (C=O) groups excluding carboxylic acids is 1. The summed E-state index contributed by atoms with van der Waals surface area (Å²) in [7, 11) is 0. The number of ether oxygens (including phenoxy) is 2. The van der Waals surface area contributed by atoms with Crippen molar-refractivity contribution >= 4 is 17.3 Å². The molecule has 35 heavy (non-hydrogen) atoms. The third kappa shape index (κ3) is 6.38. The normalized spacial score (nSPS) is 18.7. The van der Waals surface area contributed by atoms with E-state index in [2.05, 4.69) is 17.1 Å². The van der Waals surface area contributed by atoms with Crippen molar-refractivity contribution in [3.63, 3.8) is 0 Å². The molecule has 1 amide bonds. The fourth-order valence-corrected chi connectivity index (χ4v) is 4.92. The highest BCUT2D eigenvalue weighted by Crippen LogP contribution is 2.37. The molecule has 8 heteroatoms. The largest absolute Gasteiger partial charge is 0.494 e. The van der Waals surface area contributed by atoms with E-state index in [4.69, 9.17) is 9.47 Å². The highest BCUT2D eigenvalue weighted by Gasteiger charge is 2.42. The number of rotatable bonds is 9. The van der Waals surface area contributed by atoms with Crippen molar-refractivity contribution in [2.75, 3.05) is 44.8 Å². The third-order valence-electron chi connectivity index (χ3n) is 7.29. The molecule has 0 aromatic heterocycles. The molecule has 0 saturated carbocycles. The molecule has 1 N–H and O–H groups in total. The van der Waals surface area contributed by atoms with Crippen LogP contribution in [-0.4, -0.2) is 55.2 Å². The van der Waals surface area contributed by atoms with E-state index in [0.717, 1.165) is 30.2 Å². The minimum Gasteiger partial charge on any atom is -0.494 e. The number of nitrogens with zero attached hydrogens (tertiary/aromatic N) is 2. The van der Waals surface area contributed by atoms with Gasteiger partial charge in [-0.05, 0) is 80.9 Å². The molecule has 0 aliphatic carbocycles. The third-order valence-corrected chi connectivity index (χ3v) is 7.29. The Morgan fingerprint density at radius 2 is 1.77 bits per heavy atom. The number of nitro benzene ring substituents is 1. The monoisotopic (exact) mass is 481 g/mol. The number of hydrogen-bond donors (Lipinski definition) is 1. The van der Waals surface area contributed by atoms with E-state index in [1.807, 2.05) is 24.3 Å². The zero-order chi connectivity index (χ0) is 24.7. The van der Waals surface area contributed by atoms with Gasteiger partial charge in [0.2, 0.25) is 5.91 Å². The second-order valence-corrected chi connectivity index (χ2v) is 9.70. The molecule has 0 unspecified atom stereocenters. The van der Waals surface area contributed by atoms with Gasteiger partial charge in [0.25, 0.3) is 5.69 Å². The van der Waals surface area contributed by atoms with Crippen LogP contribution in [0.25, 0.3) is 0 Å². The molecule has 2 fully saturated rings. The second-order valence-electron chi connectivity index (χ2n) is 9.70. The Kier molecular flexibility index (Phi) is 8.36. The molecule has 0 radical (unpaired) electrons. The van der Waals surface area contributed by atoms with E-state index < -0.39 is 10.3 Å². The molecule has 2 aromatic rings. The molecule has 2 aliphatic rings. The number of hydrogen-bond acceptors (Lipinski definition) is 6. The van der Waals surface area contributed by atoms with Crippen molar-refractivity contribution in [2.24, 2.45) is 5.92 Å². The van der Waals surface area contributed by atoms with Gasteiger partial charge in [-0.2, -0.15) is 0 Å². The zero-order valence-corrected chi connectivity index (χ0v) is 20.4. The van der Waals surface area contributed by atoms with Gasteiger partial charge in [0, 0.05) is 37.6 Å². The molecule has 2 aromatic carbocycles. The van der Waals surface area contributed by atoms with Crippen molar-refractivity contribution in [3.05, 3.63) is 64.2 Å². The van der Waals surface area contributed by atoms with Gasteiger partial charge in [-0.25, -0.2) is 0 Å². The highest BCUT2D eigenvalue weighted by atomic mass is 16.6. The number of benzene rings is 2. The smallest absolute Gasteiger partial charge is 0.269 e. The summed E-state index contributed by atoms with van der Waals surface area (Å²) in [5.41, 5.74) is 0.691. The molecule has 2 saturated heterocycles. The first kappa shape index (κ1) is 25.1. The van der Waals surface area contributed by atoms with E-state index in [1.165, 1.54) is 38.1 Å². The Hall–Kier alpha value is -2.97. The fourth-order valence-electron chi connectivity index (χ4n) is 4.92. The molecular weight excluding hydrogens is 446 g/mol. The lowest BCUT2D eigenvalue weighted by Gasteiger charge is -2.36. The molecule has 0 atom stereocenters. The van der Waals surface area contributed by atoms with E-state index in [0.29, 0.717) is 38.3 Å². The lowest BCUT2D eigenvalue weighted by Crippen LogP contribution is -2.44. The number of likely N-dealkylation sites (tertiary alicyclic amines) is 1. The summed E-state index contributed by atoms with van der Waals surface area (Å²) >= 11 is 0. The number of amides is 1. The average Bonchev–Trinajstić information content (AvgIpc) is 2.89. The SMILES string of the molecule is CC1CCN(CCCOc2ccc(NC(=O)C3(c4ccc([N+](=O)[O-])cc4)CCOCC3)cc2)CC1. The number of carbonyl (C=O) groups is 1. The van der Waals surface area contributed by atoms with Gasteiger partial charge < -0.3 is 19.7 Å². The molecule has 8 nitrogen and oxygen atoms in total. The Balaban J connectivity index is 1.32. The molecule has 0 bridgehead atoms. The summed E-state index contributed by atoms with van der Waals surface area (Å²) in [4.78, 5) is 26.6. The molecule has 188 valence electrons. The molecule has 2 heterocycles. The van der Waals surface area contributed by atoms with Crippen molar-refractivity contribution in [1.29, 1.82) is 0 Å². The van der Waals surface area contributed by atoms with Crippen LogP contribution in [0.2, 0.25) is 0 Å². The summed E-state index contributed by atoms with van der Waals surface area (Å²) in [5.74, 6) is 1.50. The van der Waals surface area contributed by atoms with E-state index >= 15 is 0 Å². The Labute approximate surface area is 206 Å². The van der Waals surface area contributed by atoms with Gasteiger partial charge in [0.05, 0.1) is 16.9 Å². The number of nitro groups is 1. The van der Waals surface area contributed by atoms with Crippen LogP contribution >= 0.6 is 0 Å². The Morgan fingerprint density at radius 3 is 2.40 bits per heavy atom. The van der Waals surface area contributed by atoms with E-state index in [-0.39, 0.29) is 11.6 Å². The Bertz CT molecular complexity index is 979. The van der Waals surface area contributed by atoms with Gasteiger partial charge >= 0.3 is 0 Å². The van der Waals surface area contributed by atoms with Crippen molar-refractivity contribution in [1.82, 2.24) is 4.90 Å². The standard InChI is InChI=1S/C27H35N3O5/c1-21-11-16-29(17-12-21)15-2-18-35-25-9-5-23(6-10-25)28-26(31)27(13-19-34-20-14-27)22-3-7-24(8-4-22)30(32)33/h3-10,21H,2,11-20H2,1H3,(H,28,31). The summed E-state index contributed by atoms with van der Waals surface area (Å²) in [5, 5.41) is 14.1. The van der Waals surface area contributed by atoms with Crippen molar-refractivity contribution in [3.8, 4) is 5.75 Å². The van der Waals surface area contributed by atoms with Crippen LogP contribution in [0.3, 0.4) is 0 Å². The lowest BCUT2D eigenvalue weighted by atomic mass is 9.73. The topological polar surface area (TPSA) is 93.9 Å². The van der Waals surface area contributed by atoms with Crippen LogP contribution < -0.4 is 10.1 Å². The predicted octanol–water partition coefficient (Wildman–Crippen LogP) is 4.78. The first-order valence-corrected chi connectivity index (χ1v) is 12.6. The maximum atomic E-state index is 13.4. The average molecular weight is 482 g/mol. The van der Waals surface area contributed by atoms with Gasteiger partial charge in [0.15, 0.2) is 0 Å². The second kappa shape index (κ2) is 11.6. The quantitative estimate of drug-likeness (QED) is 0.315. The number of nitrogens with one attached hydrogen (secondary N) is 1. The molecular formula is C27H35N3O5. The summed E-state index contributed by atoms with van der Waals surface area (Å²) < 4.78 is 11.4. The molecule has 0 spiro atoms. The molecule has 2 aliphatic heterocycles. The number of non-ortho nitro benzene ring substituents is 1. The van der Waals surface area contributed by atoms with Gasteiger partial charge in [-0.1, -0.05) is 19.1 Å². The minimum atomic E-state index is -0.783. The first-order valence-electron chi connectivity index (χ1n) is 12.6. The lowest BCUT2D eigenvalue weighted by molar-refractivity contribution is -0.384. The zero-order valence-electron chi connectivity index (χ0n) is 20.4. The van der Waals surface area contributed by atoms with Crippen LogP contribution in [-0.2, 0) is 14.9 Å².